The van der Waals surface area contributed by atoms with Crippen LogP contribution >= 0.6 is 0 Å². The van der Waals surface area contributed by atoms with Gasteiger partial charge >= 0.3 is 0 Å². The van der Waals surface area contributed by atoms with Crippen LogP contribution in [0.5, 0.6) is 11.5 Å². The number of aromatic hydroxyl groups is 2. The molecule has 0 aliphatic rings. The molecule has 0 aliphatic carbocycles. The summed E-state index contributed by atoms with van der Waals surface area (Å²) in [6, 6.07) is 13.3. The van der Waals surface area contributed by atoms with Gasteiger partial charge in [0.1, 0.15) is 11.5 Å². The molecule has 0 heterocycles. The van der Waals surface area contributed by atoms with E-state index in [0.717, 1.165) is 5.56 Å². The number of phenolic OH excluding ortho intramolecular Hbond substituents is 2. The van der Waals surface area contributed by atoms with E-state index in [1.54, 1.807) is 18.2 Å². The normalized spacial score (nSPS) is 12.3. The van der Waals surface area contributed by atoms with Gasteiger partial charge in [-0.2, -0.15) is 0 Å². The van der Waals surface area contributed by atoms with Crippen molar-refractivity contribution in [2.45, 2.75) is 78.6 Å². The molecule has 0 saturated carbocycles. The lowest BCUT2D eigenvalue weighted by molar-refractivity contribution is 0.444. The molecule has 2 aromatic rings. The van der Waals surface area contributed by atoms with Crippen LogP contribution in [0.4, 0.5) is 0 Å². The quantitative estimate of drug-likeness (QED) is 0.553. The van der Waals surface area contributed by atoms with Crippen molar-refractivity contribution in [2.75, 3.05) is 0 Å². The van der Waals surface area contributed by atoms with Crippen LogP contribution in [-0.4, -0.2) is 10.2 Å². The van der Waals surface area contributed by atoms with E-state index in [-0.39, 0.29) is 16.2 Å². The standard InChI is InChI=1S/C14H22O.C10H14O/c1-13(2,3)10-7-8-12(15)11(9-10)14(4,5)6;1-10(2,3)8-4-6-9(11)7-5-8/h7-9,15H,1-6H3;4-7,11H,1-3H3. The average molecular weight is 357 g/mol. The van der Waals surface area contributed by atoms with Gasteiger partial charge in [0.15, 0.2) is 0 Å². The van der Waals surface area contributed by atoms with Gasteiger partial charge in [-0.3, -0.25) is 0 Å². The van der Waals surface area contributed by atoms with Crippen LogP contribution in [0.25, 0.3) is 0 Å². The van der Waals surface area contributed by atoms with E-state index in [9.17, 15) is 5.11 Å². The average Bonchev–Trinajstić information content (AvgIpc) is 2.45. The van der Waals surface area contributed by atoms with Gasteiger partial charge in [-0.1, -0.05) is 86.6 Å². The van der Waals surface area contributed by atoms with Crippen molar-refractivity contribution in [3.63, 3.8) is 0 Å². The third kappa shape index (κ3) is 6.40. The fourth-order valence-corrected chi connectivity index (χ4v) is 2.56. The highest BCUT2D eigenvalue weighted by molar-refractivity contribution is 5.42. The van der Waals surface area contributed by atoms with Crippen LogP contribution < -0.4 is 0 Å². The van der Waals surface area contributed by atoms with Gasteiger partial charge in [0.2, 0.25) is 0 Å². The Morgan fingerprint density at radius 1 is 0.538 bits per heavy atom. The fraction of sp³-hybridized carbons (Fsp3) is 0.500. The molecule has 2 aromatic carbocycles. The van der Waals surface area contributed by atoms with Crippen LogP contribution in [0.3, 0.4) is 0 Å². The number of phenols is 2. The summed E-state index contributed by atoms with van der Waals surface area (Å²) in [5.74, 6) is 0.730. The summed E-state index contributed by atoms with van der Waals surface area (Å²) in [5, 5.41) is 18.9. The first kappa shape index (κ1) is 22.1. The summed E-state index contributed by atoms with van der Waals surface area (Å²) in [6.07, 6.45) is 0. The summed E-state index contributed by atoms with van der Waals surface area (Å²) in [7, 11) is 0. The zero-order valence-corrected chi connectivity index (χ0v) is 17.9. The second kappa shape index (κ2) is 7.73. The van der Waals surface area contributed by atoms with Crippen molar-refractivity contribution >= 4 is 0 Å². The van der Waals surface area contributed by atoms with Crippen molar-refractivity contribution in [3.05, 3.63) is 59.2 Å². The summed E-state index contributed by atoms with van der Waals surface area (Å²) in [6.45, 7) is 19.4. The van der Waals surface area contributed by atoms with Gasteiger partial charge in [0.25, 0.3) is 0 Å². The van der Waals surface area contributed by atoms with Crippen LogP contribution in [0, 0.1) is 0 Å². The third-order valence-electron chi connectivity index (χ3n) is 4.40. The zero-order valence-electron chi connectivity index (χ0n) is 17.9. The first-order valence-electron chi connectivity index (χ1n) is 9.26. The first-order valence-corrected chi connectivity index (χ1v) is 9.26. The SMILES string of the molecule is CC(C)(C)c1ccc(O)c(C(C)(C)C)c1.CC(C)(C)c1ccc(O)cc1. The Morgan fingerprint density at radius 2 is 0.962 bits per heavy atom. The topological polar surface area (TPSA) is 40.5 Å². The molecule has 26 heavy (non-hydrogen) atoms. The number of rotatable bonds is 0. The second-order valence-electron chi connectivity index (χ2n) is 10.0. The molecule has 2 heteroatoms. The molecule has 2 N–H and O–H groups in total. The molecule has 0 aliphatic heterocycles. The highest BCUT2D eigenvalue weighted by Gasteiger charge is 2.21. The molecule has 0 spiro atoms. The minimum atomic E-state index is -0.00859. The number of benzene rings is 2. The van der Waals surface area contributed by atoms with Crippen LogP contribution in [0.1, 0.15) is 79.0 Å². The summed E-state index contributed by atoms with van der Waals surface area (Å²) in [4.78, 5) is 0. The van der Waals surface area contributed by atoms with Crippen molar-refractivity contribution in [2.24, 2.45) is 0 Å². The molecular formula is C24H36O2. The molecule has 0 radical (unpaired) electrons. The maximum Gasteiger partial charge on any atom is 0.119 e. The second-order valence-corrected chi connectivity index (χ2v) is 10.0. The molecular weight excluding hydrogens is 320 g/mol. The summed E-state index contributed by atoms with van der Waals surface area (Å²) < 4.78 is 0. The maximum absolute atomic E-state index is 9.84. The van der Waals surface area contributed by atoms with E-state index >= 15 is 0 Å². The van der Waals surface area contributed by atoms with E-state index in [2.05, 4.69) is 68.4 Å². The highest BCUT2D eigenvalue weighted by Crippen LogP contribution is 2.34. The van der Waals surface area contributed by atoms with Gasteiger partial charge in [0, 0.05) is 0 Å². The largest absolute Gasteiger partial charge is 0.508 e. The Kier molecular flexibility index (Phi) is 6.57. The van der Waals surface area contributed by atoms with Crippen LogP contribution in [0.15, 0.2) is 42.5 Å². The van der Waals surface area contributed by atoms with E-state index < -0.39 is 0 Å². The lowest BCUT2D eigenvalue weighted by Gasteiger charge is -2.25. The van der Waals surface area contributed by atoms with E-state index in [1.807, 2.05) is 18.2 Å². The Balaban J connectivity index is 0.000000273. The Bertz CT molecular complexity index is 706. The molecule has 0 aromatic heterocycles. The molecule has 0 amide bonds. The Labute approximate surface area is 159 Å². The minimum Gasteiger partial charge on any atom is -0.508 e. The fourth-order valence-electron chi connectivity index (χ4n) is 2.56. The lowest BCUT2D eigenvalue weighted by atomic mass is 9.80. The van der Waals surface area contributed by atoms with Crippen LogP contribution in [0.2, 0.25) is 0 Å². The molecule has 2 nitrogen and oxygen atoms in total. The van der Waals surface area contributed by atoms with Gasteiger partial charge < -0.3 is 10.2 Å². The predicted molar refractivity (Wildman–Crippen MR) is 112 cm³/mol. The van der Waals surface area contributed by atoms with Gasteiger partial charge in [-0.15, -0.1) is 0 Å². The molecule has 144 valence electrons. The molecule has 0 saturated heterocycles. The first-order chi connectivity index (χ1) is 11.6. The Morgan fingerprint density at radius 3 is 1.35 bits per heavy atom. The molecule has 2 rings (SSSR count). The molecule has 0 fully saturated rings. The van der Waals surface area contributed by atoms with Crippen molar-refractivity contribution in [1.29, 1.82) is 0 Å². The highest BCUT2D eigenvalue weighted by atomic mass is 16.3. The van der Waals surface area contributed by atoms with Crippen molar-refractivity contribution < 1.29 is 10.2 Å². The zero-order chi connectivity index (χ0) is 20.3. The van der Waals surface area contributed by atoms with Crippen molar-refractivity contribution in [1.82, 2.24) is 0 Å². The summed E-state index contributed by atoms with van der Waals surface area (Å²) in [5.41, 5.74) is 3.84. The maximum atomic E-state index is 9.84. The Hall–Kier alpha value is -1.96. The lowest BCUT2D eigenvalue weighted by Crippen LogP contribution is -2.16. The van der Waals surface area contributed by atoms with E-state index in [1.165, 1.54) is 11.1 Å². The molecule has 0 unspecified atom stereocenters. The molecule has 0 atom stereocenters. The third-order valence-corrected chi connectivity index (χ3v) is 4.40. The number of hydrogen-bond donors (Lipinski definition) is 2. The number of hydrogen-bond acceptors (Lipinski definition) is 2. The van der Waals surface area contributed by atoms with Crippen molar-refractivity contribution in [3.8, 4) is 11.5 Å². The van der Waals surface area contributed by atoms with Gasteiger partial charge in [0.05, 0.1) is 0 Å². The monoisotopic (exact) mass is 356 g/mol. The molecule has 0 bridgehead atoms. The predicted octanol–water partition coefficient (Wildman–Crippen LogP) is 6.68. The van der Waals surface area contributed by atoms with Gasteiger partial charge in [-0.05, 0) is 51.1 Å². The van der Waals surface area contributed by atoms with E-state index in [0.29, 0.717) is 11.5 Å². The minimum absolute atomic E-state index is 0.00859. The van der Waals surface area contributed by atoms with Gasteiger partial charge in [-0.25, -0.2) is 0 Å². The van der Waals surface area contributed by atoms with E-state index in [4.69, 9.17) is 5.11 Å². The van der Waals surface area contributed by atoms with Crippen LogP contribution in [-0.2, 0) is 16.2 Å². The smallest absolute Gasteiger partial charge is 0.119 e. The summed E-state index contributed by atoms with van der Waals surface area (Å²) >= 11 is 0.